The summed E-state index contributed by atoms with van der Waals surface area (Å²) >= 11 is 0. The van der Waals surface area contributed by atoms with Crippen molar-refractivity contribution in [3.8, 4) is 0 Å². The van der Waals surface area contributed by atoms with E-state index in [4.69, 9.17) is 10.7 Å². The van der Waals surface area contributed by atoms with Crippen LogP contribution in [0.1, 0.15) is 76.0 Å². The van der Waals surface area contributed by atoms with Crippen molar-refractivity contribution < 1.29 is 18.0 Å². The average Bonchev–Trinajstić information content (AvgIpc) is 3.14. The highest BCUT2D eigenvalue weighted by Gasteiger charge is 2.48. The number of aryl methyl sites for hydroxylation is 2. The Bertz CT molecular complexity index is 1190. The van der Waals surface area contributed by atoms with Crippen molar-refractivity contribution in [2.75, 3.05) is 23.7 Å². The van der Waals surface area contributed by atoms with Crippen molar-refractivity contribution in [1.29, 1.82) is 0 Å². The van der Waals surface area contributed by atoms with E-state index in [1.165, 1.54) is 9.21 Å². The van der Waals surface area contributed by atoms with E-state index in [0.29, 0.717) is 44.0 Å². The molecule has 10 heteroatoms. The molecule has 3 N–H and O–H groups in total. The lowest BCUT2D eigenvalue weighted by Gasteiger charge is -2.35. The molecule has 210 valence electrons. The largest absolute Gasteiger partial charge is 0.351 e. The second kappa shape index (κ2) is 11.0. The number of hydrogen-bond donors (Lipinski definition) is 2. The molecule has 1 saturated carbocycles. The van der Waals surface area contributed by atoms with Crippen LogP contribution in [0.3, 0.4) is 0 Å². The maximum Gasteiger partial charge on any atom is 0.319 e. The number of aliphatic imine (C=N–C) groups is 1. The molecule has 0 atom stereocenters. The normalized spacial score (nSPS) is 23.9. The van der Waals surface area contributed by atoms with Crippen molar-refractivity contribution in [1.82, 2.24) is 9.62 Å². The SMILES string of the molecule is Cc1cc(N(C(N)=O)C(C)C)cc(C)c1CCS(=O)(=O)N1CCC2(CC1)N=C(C1CCC(C)CC1)NC2=O. The van der Waals surface area contributed by atoms with Crippen molar-refractivity contribution >= 4 is 33.5 Å². The van der Waals surface area contributed by atoms with Gasteiger partial charge in [-0.3, -0.25) is 14.7 Å². The Hall–Kier alpha value is -2.46. The molecule has 0 bridgehead atoms. The van der Waals surface area contributed by atoms with Gasteiger partial charge >= 0.3 is 6.03 Å². The van der Waals surface area contributed by atoms with Gasteiger partial charge in [0.1, 0.15) is 11.4 Å². The number of piperidine rings is 1. The van der Waals surface area contributed by atoms with Crippen molar-refractivity contribution in [2.45, 2.75) is 91.1 Å². The molecule has 1 saturated heterocycles. The molecule has 3 aliphatic rings. The van der Waals surface area contributed by atoms with E-state index in [9.17, 15) is 18.0 Å². The van der Waals surface area contributed by atoms with Gasteiger partial charge in [-0.15, -0.1) is 0 Å². The first-order valence-corrected chi connectivity index (χ1v) is 15.5. The summed E-state index contributed by atoms with van der Waals surface area (Å²) in [5.74, 6) is 1.78. The predicted molar refractivity (Wildman–Crippen MR) is 151 cm³/mol. The number of rotatable bonds is 7. The first-order valence-electron chi connectivity index (χ1n) is 13.9. The zero-order chi connectivity index (χ0) is 27.8. The molecular formula is C28H43N5O4S. The zero-order valence-corrected chi connectivity index (χ0v) is 24.2. The third-order valence-corrected chi connectivity index (χ3v) is 10.5. The van der Waals surface area contributed by atoms with E-state index < -0.39 is 21.6 Å². The molecule has 9 nitrogen and oxygen atoms in total. The van der Waals surface area contributed by atoms with E-state index in [1.807, 2.05) is 39.8 Å². The van der Waals surface area contributed by atoms with Crippen LogP contribution in [0, 0.1) is 25.7 Å². The molecule has 2 aliphatic heterocycles. The molecule has 0 radical (unpaired) electrons. The summed E-state index contributed by atoms with van der Waals surface area (Å²) in [7, 11) is -3.50. The van der Waals surface area contributed by atoms with E-state index in [1.54, 1.807) is 0 Å². The highest BCUT2D eigenvalue weighted by atomic mass is 32.2. The van der Waals surface area contributed by atoms with Gasteiger partial charge in [-0.1, -0.05) is 19.8 Å². The Morgan fingerprint density at radius 3 is 2.26 bits per heavy atom. The summed E-state index contributed by atoms with van der Waals surface area (Å²) in [6, 6.07) is 3.18. The van der Waals surface area contributed by atoms with Gasteiger partial charge in [-0.2, -0.15) is 0 Å². The number of urea groups is 1. The number of nitrogens with zero attached hydrogens (tertiary/aromatic N) is 3. The molecule has 1 spiro atoms. The molecule has 0 unspecified atom stereocenters. The van der Waals surface area contributed by atoms with Crippen molar-refractivity contribution in [3.63, 3.8) is 0 Å². The van der Waals surface area contributed by atoms with Crippen LogP contribution in [0.4, 0.5) is 10.5 Å². The molecule has 1 aliphatic carbocycles. The van der Waals surface area contributed by atoms with Crippen LogP contribution in [-0.2, 0) is 21.2 Å². The van der Waals surface area contributed by atoms with Gasteiger partial charge in [0.15, 0.2) is 0 Å². The van der Waals surface area contributed by atoms with Gasteiger partial charge in [-0.25, -0.2) is 17.5 Å². The lowest BCUT2D eigenvalue weighted by molar-refractivity contribution is -0.125. The monoisotopic (exact) mass is 545 g/mol. The van der Waals surface area contributed by atoms with Gasteiger partial charge in [-0.05, 0) is 94.5 Å². The first-order chi connectivity index (χ1) is 17.8. The van der Waals surface area contributed by atoms with Crippen molar-refractivity contribution in [3.05, 3.63) is 28.8 Å². The molecule has 38 heavy (non-hydrogen) atoms. The van der Waals surface area contributed by atoms with E-state index in [2.05, 4.69) is 12.2 Å². The van der Waals surface area contributed by atoms with Crippen LogP contribution in [0.25, 0.3) is 0 Å². The highest BCUT2D eigenvalue weighted by molar-refractivity contribution is 7.89. The van der Waals surface area contributed by atoms with E-state index >= 15 is 0 Å². The number of primary amides is 1. The standard InChI is InChI=1S/C28H43N5O4S/c1-18(2)33(27(29)35)23-16-20(4)24(21(5)17-23)10-15-38(36,37)32-13-11-28(12-14-32)26(34)30-25(31-28)22-8-6-19(3)7-9-22/h16-19,22H,6-15H2,1-5H3,(H2,29,35)(H,30,31,34). The molecule has 2 heterocycles. The maximum atomic E-state index is 13.3. The van der Waals surface area contributed by atoms with Crippen LogP contribution < -0.4 is 16.0 Å². The smallest absolute Gasteiger partial charge is 0.319 e. The third kappa shape index (κ3) is 5.76. The number of nitrogens with two attached hydrogens (primary N) is 1. The van der Waals surface area contributed by atoms with Crippen molar-refractivity contribution in [2.24, 2.45) is 22.6 Å². The number of hydrogen-bond acceptors (Lipinski definition) is 5. The summed E-state index contributed by atoms with van der Waals surface area (Å²) in [5.41, 5.74) is 8.30. The van der Waals surface area contributed by atoms with Gasteiger partial charge in [0.05, 0.1) is 5.75 Å². The summed E-state index contributed by atoms with van der Waals surface area (Å²) < 4.78 is 28.1. The molecule has 1 aromatic rings. The number of carbonyl (C=O) groups is 2. The summed E-state index contributed by atoms with van der Waals surface area (Å²) in [6.07, 6.45) is 5.61. The van der Waals surface area contributed by atoms with E-state index in [-0.39, 0.29) is 17.7 Å². The maximum absolute atomic E-state index is 13.3. The van der Waals surface area contributed by atoms with Crippen LogP contribution in [0.2, 0.25) is 0 Å². The average molecular weight is 546 g/mol. The molecule has 4 rings (SSSR count). The Kier molecular flexibility index (Phi) is 8.23. The highest BCUT2D eigenvalue weighted by Crippen LogP contribution is 2.36. The van der Waals surface area contributed by atoms with Gasteiger partial charge in [0, 0.05) is 30.7 Å². The molecule has 1 aromatic carbocycles. The third-order valence-electron chi connectivity index (χ3n) is 8.67. The number of sulfonamides is 1. The first kappa shape index (κ1) is 28.5. The summed E-state index contributed by atoms with van der Waals surface area (Å²) in [5, 5.41) is 3.05. The Balaban J connectivity index is 1.40. The van der Waals surface area contributed by atoms with Gasteiger partial charge in [0.25, 0.3) is 5.91 Å². The Morgan fingerprint density at radius 2 is 1.74 bits per heavy atom. The van der Waals surface area contributed by atoms with Crippen LogP contribution in [0.5, 0.6) is 0 Å². The Labute approximate surface area is 227 Å². The lowest BCUT2D eigenvalue weighted by Crippen LogP contribution is -2.51. The van der Waals surface area contributed by atoms with Crippen LogP contribution >= 0.6 is 0 Å². The predicted octanol–water partition coefficient (Wildman–Crippen LogP) is 3.66. The molecular weight excluding hydrogens is 502 g/mol. The second-order valence-electron chi connectivity index (χ2n) is 11.8. The quantitative estimate of drug-likeness (QED) is 0.542. The van der Waals surface area contributed by atoms with Gasteiger partial charge in [0.2, 0.25) is 10.0 Å². The number of carbonyl (C=O) groups excluding carboxylic acids is 2. The number of anilines is 1. The second-order valence-corrected chi connectivity index (χ2v) is 13.9. The van der Waals surface area contributed by atoms with Crippen LogP contribution in [0.15, 0.2) is 17.1 Å². The number of nitrogens with one attached hydrogen (secondary N) is 1. The molecule has 3 amide bonds. The minimum absolute atomic E-state index is 0.00822. The number of amides is 3. The minimum atomic E-state index is -3.50. The van der Waals surface area contributed by atoms with E-state index in [0.717, 1.165) is 54.1 Å². The van der Waals surface area contributed by atoms with Crippen LogP contribution in [-0.4, -0.2) is 60.9 Å². The molecule has 2 fully saturated rings. The minimum Gasteiger partial charge on any atom is -0.351 e. The zero-order valence-electron chi connectivity index (χ0n) is 23.4. The number of benzene rings is 1. The summed E-state index contributed by atoms with van der Waals surface area (Å²) in [6.45, 7) is 10.5. The van der Waals surface area contributed by atoms with Gasteiger partial charge < -0.3 is 11.1 Å². The fourth-order valence-electron chi connectivity index (χ4n) is 6.29. The lowest BCUT2D eigenvalue weighted by atomic mass is 9.82. The Morgan fingerprint density at radius 1 is 1.16 bits per heavy atom. The molecule has 0 aromatic heterocycles. The topological polar surface area (TPSA) is 125 Å². The fraction of sp³-hybridized carbons (Fsp3) is 0.679. The number of amidine groups is 1. The summed E-state index contributed by atoms with van der Waals surface area (Å²) in [4.78, 5) is 31.3. The fourth-order valence-corrected chi connectivity index (χ4v) is 7.75.